The summed E-state index contributed by atoms with van der Waals surface area (Å²) in [5.41, 5.74) is 5.46. The molecule has 2 aromatic heterocycles. The number of aromatic amines is 1. The summed E-state index contributed by atoms with van der Waals surface area (Å²) in [6, 6.07) is 16.5. The summed E-state index contributed by atoms with van der Waals surface area (Å²) in [4.78, 5) is 17.4. The number of benzene rings is 2. The molecule has 0 atom stereocenters. The minimum Gasteiger partial charge on any atom is -0.495 e. The van der Waals surface area contributed by atoms with Crippen molar-refractivity contribution in [2.75, 3.05) is 62.9 Å². The standard InChI is InChI=1S/C32H34N6O5S/c1-41-30-15-21(2-4-28(30)38-10-8-37(9-11-38)24-18-42-19-24)27-16-26-31(34-20-35-32(26)36-27)22-3-5-29(23(14-22)17-33)43-25-6-12-44(39,40)13-7-25/h2-5,14-16,20,24-25H,6-13,18-19H2,1H3,(H,34,35,36). The van der Waals surface area contributed by atoms with E-state index in [-0.39, 0.29) is 17.6 Å². The van der Waals surface area contributed by atoms with Crippen molar-refractivity contribution >= 4 is 26.6 Å². The van der Waals surface area contributed by atoms with Crippen LogP contribution in [0, 0.1) is 11.3 Å². The number of anilines is 1. The van der Waals surface area contributed by atoms with Crippen molar-refractivity contribution in [3.63, 3.8) is 0 Å². The monoisotopic (exact) mass is 614 g/mol. The Balaban J connectivity index is 1.13. The van der Waals surface area contributed by atoms with Gasteiger partial charge in [-0.15, -0.1) is 0 Å². The van der Waals surface area contributed by atoms with Gasteiger partial charge in [0.2, 0.25) is 0 Å². The largest absolute Gasteiger partial charge is 0.495 e. The van der Waals surface area contributed by atoms with E-state index in [1.807, 2.05) is 12.1 Å². The van der Waals surface area contributed by atoms with Crippen molar-refractivity contribution in [1.82, 2.24) is 19.9 Å². The first kappa shape index (κ1) is 28.6. The number of ether oxygens (including phenoxy) is 3. The first-order valence-corrected chi connectivity index (χ1v) is 16.7. The molecule has 0 aliphatic carbocycles. The van der Waals surface area contributed by atoms with Gasteiger partial charge >= 0.3 is 0 Å². The van der Waals surface area contributed by atoms with Crippen molar-refractivity contribution in [2.45, 2.75) is 25.0 Å². The molecule has 0 amide bonds. The van der Waals surface area contributed by atoms with E-state index in [9.17, 15) is 13.7 Å². The van der Waals surface area contributed by atoms with Gasteiger partial charge in [-0.05, 0) is 49.2 Å². The molecule has 11 nitrogen and oxygen atoms in total. The Morgan fingerprint density at radius 1 is 0.977 bits per heavy atom. The van der Waals surface area contributed by atoms with E-state index in [0.717, 1.165) is 73.0 Å². The highest BCUT2D eigenvalue weighted by Gasteiger charge is 2.30. The van der Waals surface area contributed by atoms with Crippen molar-refractivity contribution in [1.29, 1.82) is 5.26 Å². The lowest BCUT2D eigenvalue weighted by atomic mass is 10.0. The molecule has 0 saturated carbocycles. The molecular weight excluding hydrogens is 580 g/mol. The fraction of sp³-hybridized carbons (Fsp3) is 0.406. The van der Waals surface area contributed by atoms with Gasteiger partial charge < -0.3 is 24.1 Å². The highest BCUT2D eigenvalue weighted by molar-refractivity contribution is 7.91. The third-order valence-electron chi connectivity index (χ3n) is 8.88. The Labute approximate surface area is 256 Å². The van der Waals surface area contributed by atoms with Crippen LogP contribution < -0.4 is 14.4 Å². The van der Waals surface area contributed by atoms with Gasteiger partial charge in [-0.1, -0.05) is 6.07 Å². The Hall–Kier alpha value is -4.18. The highest BCUT2D eigenvalue weighted by atomic mass is 32.2. The molecule has 3 aliphatic rings. The SMILES string of the molecule is COc1cc(-c2cc3c(-c4ccc(OC5CCS(=O)(=O)CC5)c(C#N)c4)ncnc3[nH]2)ccc1N1CCN(C2COC2)CC1. The number of H-pyrrole nitrogens is 1. The summed E-state index contributed by atoms with van der Waals surface area (Å²) in [7, 11) is -1.29. The zero-order chi connectivity index (χ0) is 30.3. The summed E-state index contributed by atoms with van der Waals surface area (Å²) in [6.45, 7) is 5.57. The second-order valence-corrected chi connectivity index (χ2v) is 13.9. The van der Waals surface area contributed by atoms with Crippen molar-refractivity contribution in [2.24, 2.45) is 0 Å². The van der Waals surface area contributed by atoms with Gasteiger partial charge in [0.05, 0.1) is 54.8 Å². The van der Waals surface area contributed by atoms with Crippen LogP contribution in [0.1, 0.15) is 18.4 Å². The van der Waals surface area contributed by atoms with Crippen molar-refractivity contribution < 1.29 is 22.6 Å². The van der Waals surface area contributed by atoms with Crippen LogP contribution in [0.15, 0.2) is 48.8 Å². The maximum absolute atomic E-state index is 11.8. The molecule has 4 aromatic rings. The van der Waals surface area contributed by atoms with Crippen LogP contribution in [0.5, 0.6) is 11.5 Å². The van der Waals surface area contributed by atoms with E-state index < -0.39 is 9.84 Å². The Morgan fingerprint density at radius 3 is 2.45 bits per heavy atom. The predicted octanol–water partition coefficient (Wildman–Crippen LogP) is 3.65. The van der Waals surface area contributed by atoms with Gasteiger partial charge in [0, 0.05) is 48.4 Å². The number of nitriles is 1. The lowest BCUT2D eigenvalue weighted by Gasteiger charge is -2.43. The summed E-state index contributed by atoms with van der Waals surface area (Å²) in [6.07, 6.45) is 2.12. The minimum atomic E-state index is -3.00. The summed E-state index contributed by atoms with van der Waals surface area (Å²) in [5.74, 6) is 1.48. The van der Waals surface area contributed by atoms with E-state index in [1.54, 1.807) is 19.2 Å². The van der Waals surface area contributed by atoms with Crippen LogP contribution >= 0.6 is 0 Å². The zero-order valence-corrected chi connectivity index (χ0v) is 25.3. The second kappa shape index (κ2) is 11.7. The quantitative estimate of drug-likeness (QED) is 0.329. The normalized spacial score (nSPS) is 19.4. The third kappa shape index (κ3) is 5.58. The molecule has 2 aromatic carbocycles. The van der Waals surface area contributed by atoms with E-state index in [4.69, 9.17) is 14.2 Å². The first-order chi connectivity index (χ1) is 21.4. The van der Waals surface area contributed by atoms with Crippen molar-refractivity contribution in [3.8, 4) is 40.1 Å². The molecule has 44 heavy (non-hydrogen) atoms. The topological polar surface area (TPSA) is 134 Å². The van der Waals surface area contributed by atoms with Crippen LogP contribution in [0.25, 0.3) is 33.5 Å². The number of piperazine rings is 1. The van der Waals surface area contributed by atoms with E-state index in [1.165, 1.54) is 6.33 Å². The molecule has 0 spiro atoms. The van der Waals surface area contributed by atoms with Crippen LogP contribution in [0.3, 0.4) is 0 Å². The van der Waals surface area contributed by atoms with Gasteiger partial charge in [-0.3, -0.25) is 4.90 Å². The molecule has 12 heteroatoms. The Morgan fingerprint density at radius 2 is 1.75 bits per heavy atom. The predicted molar refractivity (Wildman–Crippen MR) is 167 cm³/mol. The van der Waals surface area contributed by atoms with Crippen LogP contribution in [-0.4, -0.2) is 98.4 Å². The molecule has 3 aliphatic heterocycles. The molecule has 7 rings (SSSR count). The van der Waals surface area contributed by atoms with E-state index in [0.29, 0.717) is 41.5 Å². The fourth-order valence-corrected chi connectivity index (χ4v) is 7.68. The van der Waals surface area contributed by atoms with Gasteiger partial charge in [-0.2, -0.15) is 5.26 Å². The van der Waals surface area contributed by atoms with Crippen LogP contribution in [0.2, 0.25) is 0 Å². The summed E-state index contributed by atoms with van der Waals surface area (Å²) in [5, 5.41) is 10.7. The fourth-order valence-electron chi connectivity index (χ4n) is 6.23. The minimum absolute atomic E-state index is 0.106. The number of hydrogen-bond acceptors (Lipinski definition) is 10. The molecule has 0 unspecified atom stereocenters. The van der Waals surface area contributed by atoms with Gasteiger partial charge in [0.1, 0.15) is 35.6 Å². The van der Waals surface area contributed by atoms with Crippen LogP contribution in [0.4, 0.5) is 5.69 Å². The first-order valence-electron chi connectivity index (χ1n) is 14.9. The van der Waals surface area contributed by atoms with Crippen molar-refractivity contribution in [3.05, 3.63) is 54.4 Å². The molecule has 3 saturated heterocycles. The molecule has 0 bridgehead atoms. The summed E-state index contributed by atoms with van der Waals surface area (Å²) < 4.78 is 40.9. The number of fused-ring (bicyclic) bond motifs is 1. The number of aromatic nitrogens is 3. The average Bonchev–Trinajstić information content (AvgIpc) is 3.46. The van der Waals surface area contributed by atoms with Crippen LogP contribution in [-0.2, 0) is 14.6 Å². The number of rotatable bonds is 7. The number of nitrogens with zero attached hydrogens (tertiary/aromatic N) is 5. The zero-order valence-electron chi connectivity index (χ0n) is 24.5. The molecule has 0 radical (unpaired) electrons. The van der Waals surface area contributed by atoms with E-state index >= 15 is 0 Å². The van der Waals surface area contributed by atoms with E-state index in [2.05, 4.69) is 49.0 Å². The highest BCUT2D eigenvalue weighted by Crippen LogP contribution is 2.37. The molecule has 1 N–H and O–H groups in total. The molecular formula is C32H34N6O5S. The Bertz CT molecular complexity index is 1830. The lowest BCUT2D eigenvalue weighted by molar-refractivity contribution is -0.0660. The average molecular weight is 615 g/mol. The number of nitrogens with one attached hydrogen (secondary N) is 1. The Kier molecular flexibility index (Phi) is 7.62. The maximum atomic E-state index is 11.8. The van der Waals surface area contributed by atoms with Gasteiger partial charge in [0.15, 0.2) is 9.84 Å². The molecule has 5 heterocycles. The maximum Gasteiger partial charge on any atom is 0.150 e. The van der Waals surface area contributed by atoms with Gasteiger partial charge in [0.25, 0.3) is 0 Å². The van der Waals surface area contributed by atoms with Gasteiger partial charge in [-0.25, -0.2) is 18.4 Å². The lowest BCUT2D eigenvalue weighted by Crippen LogP contribution is -2.56. The third-order valence-corrected chi connectivity index (χ3v) is 10.6. The number of hydrogen-bond donors (Lipinski definition) is 1. The second-order valence-electron chi connectivity index (χ2n) is 11.6. The number of methoxy groups -OCH3 is 1. The summed E-state index contributed by atoms with van der Waals surface area (Å²) >= 11 is 0. The number of sulfone groups is 1. The molecule has 3 fully saturated rings. The smallest absolute Gasteiger partial charge is 0.150 e. The molecule has 228 valence electrons.